The van der Waals surface area contributed by atoms with Gasteiger partial charge in [0.05, 0.1) is 10.2 Å². The molecule has 8 heteroatoms. The lowest BCUT2D eigenvalue weighted by molar-refractivity contribution is -0.358. The molecule has 0 aliphatic carbocycles. The fourth-order valence-corrected chi connectivity index (χ4v) is 4.18. The lowest BCUT2D eigenvalue weighted by Gasteiger charge is -2.32. The minimum atomic E-state index is -3.97. The SMILES string of the molecule is Cc1ccc(C2=C3C=CC(Br)=[N+]3[B-](F)(F)n3c(Br)ccc32)cn1. The number of aryl methyl sites for hydroxylation is 1. The second-order valence-corrected chi connectivity index (χ2v) is 7.10. The predicted molar refractivity (Wildman–Crippen MR) is 93.8 cm³/mol. The Morgan fingerprint density at radius 2 is 1.91 bits per heavy atom. The predicted octanol–water partition coefficient (Wildman–Crippen LogP) is 4.33. The largest absolute Gasteiger partial charge is 0.738 e. The highest BCUT2D eigenvalue weighted by Crippen LogP contribution is 2.41. The van der Waals surface area contributed by atoms with Gasteiger partial charge < -0.3 is 17.6 Å². The van der Waals surface area contributed by atoms with E-state index in [0.717, 1.165) is 25.8 Å². The van der Waals surface area contributed by atoms with Crippen molar-refractivity contribution in [3.8, 4) is 0 Å². The van der Waals surface area contributed by atoms with Crippen LogP contribution in [0.4, 0.5) is 8.63 Å². The number of hydrogen-bond acceptors (Lipinski definition) is 1. The van der Waals surface area contributed by atoms with Crippen molar-refractivity contribution in [2.24, 2.45) is 0 Å². The Balaban J connectivity index is 2.09. The van der Waals surface area contributed by atoms with E-state index >= 15 is 8.63 Å². The van der Waals surface area contributed by atoms with Crippen LogP contribution in [0.5, 0.6) is 0 Å². The molecule has 0 aromatic carbocycles. The lowest BCUT2D eigenvalue weighted by atomic mass is 9.87. The number of fused-ring (bicyclic) bond motifs is 2. The van der Waals surface area contributed by atoms with Crippen LogP contribution in [0.2, 0.25) is 0 Å². The maximum atomic E-state index is 15.0. The molecular formula is C15H10BBr2F2N3. The Hall–Kier alpha value is -1.54. The molecule has 2 aliphatic rings. The summed E-state index contributed by atoms with van der Waals surface area (Å²) in [4.78, 5) is 4.30. The highest BCUT2D eigenvalue weighted by Gasteiger charge is 2.54. The molecule has 0 fully saturated rings. The van der Waals surface area contributed by atoms with Gasteiger partial charge in [0.25, 0.3) is 0 Å². The van der Waals surface area contributed by atoms with Crippen molar-refractivity contribution in [3.63, 3.8) is 0 Å². The minimum absolute atomic E-state index is 0.348. The third-order valence-electron chi connectivity index (χ3n) is 4.07. The molecule has 0 atom stereocenters. The molecule has 0 saturated heterocycles. The van der Waals surface area contributed by atoms with Crippen molar-refractivity contribution in [2.45, 2.75) is 6.92 Å². The minimum Gasteiger partial charge on any atom is -0.389 e. The van der Waals surface area contributed by atoms with E-state index in [9.17, 15) is 0 Å². The van der Waals surface area contributed by atoms with Gasteiger partial charge in [0.2, 0.25) is 4.62 Å². The van der Waals surface area contributed by atoms with Crippen molar-refractivity contribution < 1.29 is 13.1 Å². The number of aromatic nitrogens is 2. The molecule has 0 amide bonds. The Morgan fingerprint density at radius 3 is 2.61 bits per heavy atom. The van der Waals surface area contributed by atoms with Gasteiger partial charge in [0, 0.05) is 51.2 Å². The average Bonchev–Trinajstić information content (AvgIpc) is 3.06. The molecule has 3 nitrogen and oxygen atoms in total. The maximum Gasteiger partial charge on any atom is 0.738 e. The van der Waals surface area contributed by atoms with Crippen LogP contribution in [0.25, 0.3) is 5.57 Å². The van der Waals surface area contributed by atoms with Gasteiger partial charge in [-0.3, -0.25) is 4.98 Å². The average molecular weight is 441 g/mol. The van der Waals surface area contributed by atoms with E-state index in [1.165, 1.54) is 0 Å². The number of hydrogen-bond donors (Lipinski definition) is 0. The fourth-order valence-electron chi connectivity index (χ4n) is 3.04. The van der Waals surface area contributed by atoms with Gasteiger partial charge in [0.15, 0.2) is 5.70 Å². The van der Waals surface area contributed by atoms with Gasteiger partial charge in [-0.2, -0.15) is 0 Å². The molecule has 0 N–H and O–H groups in total. The summed E-state index contributed by atoms with van der Waals surface area (Å²) in [7, 11) is 0. The summed E-state index contributed by atoms with van der Waals surface area (Å²) in [5, 5.41) is 0. The third-order valence-corrected chi connectivity index (χ3v) is 5.36. The lowest BCUT2D eigenvalue weighted by Crippen LogP contribution is -2.50. The quantitative estimate of drug-likeness (QED) is 0.605. The highest BCUT2D eigenvalue weighted by atomic mass is 79.9. The first-order chi connectivity index (χ1) is 10.9. The molecule has 4 heterocycles. The summed E-state index contributed by atoms with van der Waals surface area (Å²) in [5.41, 5.74) is 3.38. The van der Waals surface area contributed by atoms with Gasteiger partial charge in [-0.1, -0.05) is 6.07 Å². The van der Waals surface area contributed by atoms with Crippen LogP contribution in [0, 0.1) is 6.92 Å². The molecule has 2 aromatic heterocycles. The number of rotatable bonds is 1. The Morgan fingerprint density at radius 1 is 1.13 bits per heavy atom. The van der Waals surface area contributed by atoms with Gasteiger partial charge in [0.1, 0.15) is 0 Å². The molecular weight excluding hydrogens is 431 g/mol. The summed E-state index contributed by atoms with van der Waals surface area (Å²) >= 11 is 6.49. The van der Waals surface area contributed by atoms with E-state index < -0.39 is 6.97 Å². The normalized spacial score (nSPS) is 18.5. The smallest absolute Gasteiger partial charge is 0.389 e. The molecule has 0 bridgehead atoms. The summed E-state index contributed by atoms with van der Waals surface area (Å²) in [6.45, 7) is -2.08. The molecule has 0 radical (unpaired) electrons. The molecule has 23 heavy (non-hydrogen) atoms. The van der Waals surface area contributed by atoms with Crippen LogP contribution in [0.15, 0.2) is 52.9 Å². The third kappa shape index (κ3) is 2.04. The first kappa shape index (κ1) is 15.0. The Bertz CT molecular complexity index is 927. The monoisotopic (exact) mass is 439 g/mol. The van der Waals surface area contributed by atoms with E-state index in [2.05, 4.69) is 36.8 Å². The zero-order valence-electron chi connectivity index (χ0n) is 12.0. The maximum absolute atomic E-state index is 15.0. The second-order valence-electron chi connectivity index (χ2n) is 5.47. The van der Waals surface area contributed by atoms with Gasteiger partial charge in [-0.25, -0.2) is 0 Å². The van der Waals surface area contributed by atoms with Crippen LogP contribution in [-0.2, 0) is 0 Å². The van der Waals surface area contributed by atoms with E-state index in [-0.39, 0.29) is 0 Å². The van der Waals surface area contributed by atoms with Crippen LogP contribution in [0.1, 0.15) is 17.0 Å². The summed E-state index contributed by atoms with van der Waals surface area (Å²) in [6.07, 6.45) is 5.07. The first-order valence-corrected chi connectivity index (χ1v) is 8.56. The summed E-state index contributed by atoms with van der Waals surface area (Å²) in [6, 6.07) is 7.14. The topological polar surface area (TPSA) is 20.8 Å². The van der Waals surface area contributed by atoms with E-state index in [0.29, 0.717) is 20.6 Å². The first-order valence-electron chi connectivity index (χ1n) is 6.98. The van der Waals surface area contributed by atoms with Crippen molar-refractivity contribution in [3.05, 3.63) is 69.9 Å². The number of halogens is 4. The molecule has 116 valence electrons. The van der Waals surface area contributed by atoms with Crippen molar-refractivity contribution >= 4 is 49.0 Å². The molecule has 0 saturated carbocycles. The molecule has 0 spiro atoms. The summed E-state index contributed by atoms with van der Waals surface area (Å²) < 4.78 is 32.9. The number of nitrogens with zero attached hydrogens (tertiary/aromatic N) is 3. The zero-order valence-corrected chi connectivity index (χ0v) is 15.1. The Kier molecular flexibility index (Phi) is 3.25. The van der Waals surface area contributed by atoms with Crippen LogP contribution >= 0.6 is 31.9 Å². The molecule has 2 aromatic rings. The Labute approximate surface area is 148 Å². The van der Waals surface area contributed by atoms with Crippen molar-refractivity contribution in [1.29, 1.82) is 0 Å². The second kappa shape index (κ2) is 4.98. The van der Waals surface area contributed by atoms with Crippen molar-refractivity contribution in [2.75, 3.05) is 0 Å². The molecule has 2 aliphatic heterocycles. The highest BCUT2D eigenvalue weighted by molar-refractivity contribution is 9.18. The van der Waals surface area contributed by atoms with Crippen LogP contribution in [0.3, 0.4) is 0 Å². The van der Waals surface area contributed by atoms with Crippen molar-refractivity contribution in [1.82, 2.24) is 9.46 Å². The molecule has 0 unspecified atom stereocenters. The number of allylic oxidation sites excluding steroid dienone is 2. The van der Waals surface area contributed by atoms with E-state index in [1.54, 1.807) is 30.5 Å². The standard InChI is InChI=1S/C15H10BBr2F2N3/c1-9-2-3-10(8-21-9)15-11-4-6-13(17)22(11)16(19,20)23-12(15)5-7-14(23)18/h2-8H,1H3. The van der Waals surface area contributed by atoms with E-state index in [4.69, 9.17) is 0 Å². The van der Waals surface area contributed by atoms with Gasteiger partial charge in [-0.15, -0.1) is 0 Å². The van der Waals surface area contributed by atoms with Gasteiger partial charge >= 0.3 is 6.97 Å². The van der Waals surface area contributed by atoms with Crippen LogP contribution < -0.4 is 0 Å². The van der Waals surface area contributed by atoms with E-state index in [1.807, 2.05) is 19.1 Å². The fraction of sp³-hybridized carbons (Fsp3) is 0.0667. The molecule has 4 rings (SSSR count). The number of pyridine rings is 1. The van der Waals surface area contributed by atoms with Gasteiger partial charge in [-0.05, 0) is 41.1 Å². The summed E-state index contributed by atoms with van der Waals surface area (Å²) in [5.74, 6) is 0. The zero-order chi connectivity index (χ0) is 16.4. The van der Waals surface area contributed by atoms with Crippen LogP contribution in [-0.4, -0.2) is 25.5 Å².